The summed E-state index contributed by atoms with van der Waals surface area (Å²) in [4.78, 5) is 0. The molecule has 16 heavy (non-hydrogen) atoms. The van der Waals surface area contributed by atoms with Crippen LogP contribution in [0.3, 0.4) is 0 Å². The highest BCUT2D eigenvalue weighted by Gasteiger charge is 2.19. The van der Waals surface area contributed by atoms with Gasteiger partial charge in [-0.2, -0.15) is 0 Å². The van der Waals surface area contributed by atoms with Crippen LogP contribution in [0.25, 0.3) is 0 Å². The molecule has 0 aliphatic heterocycles. The summed E-state index contributed by atoms with van der Waals surface area (Å²) in [7, 11) is 0. The van der Waals surface area contributed by atoms with E-state index in [0.717, 1.165) is 31.2 Å². The molecular weight excluding hydrogens is 198 g/mol. The molecule has 0 spiro atoms. The van der Waals surface area contributed by atoms with Gasteiger partial charge in [0.05, 0.1) is 6.10 Å². The highest BCUT2D eigenvalue weighted by molar-refractivity contribution is 4.90. The zero-order chi connectivity index (χ0) is 11.2. The number of hydrogen-bond donors (Lipinski definition) is 2. The Morgan fingerprint density at radius 3 is 2.38 bits per heavy atom. The lowest BCUT2D eigenvalue weighted by atomic mass is 9.87. The Kier molecular flexibility index (Phi) is 4.86. The lowest BCUT2D eigenvalue weighted by Crippen LogP contribution is -2.31. The second-order valence-electron chi connectivity index (χ2n) is 5.48. The van der Waals surface area contributed by atoms with Crippen molar-refractivity contribution in [1.82, 2.24) is 5.32 Å². The molecule has 2 N–H and O–H groups in total. The van der Waals surface area contributed by atoms with Gasteiger partial charge in [0.1, 0.15) is 0 Å². The van der Waals surface area contributed by atoms with Crippen LogP contribution in [0.15, 0.2) is 12.2 Å². The molecule has 1 saturated carbocycles. The monoisotopic (exact) mass is 223 g/mol. The van der Waals surface area contributed by atoms with Crippen molar-refractivity contribution in [2.24, 2.45) is 11.8 Å². The molecule has 92 valence electrons. The maximum absolute atomic E-state index is 9.43. The molecule has 1 atom stereocenters. The van der Waals surface area contributed by atoms with E-state index in [0.29, 0.717) is 0 Å². The zero-order valence-electron chi connectivity index (χ0n) is 10.2. The Hall–Kier alpha value is -0.340. The fourth-order valence-electron chi connectivity index (χ4n) is 2.88. The van der Waals surface area contributed by atoms with E-state index in [2.05, 4.69) is 17.5 Å². The Balaban J connectivity index is 1.55. The fraction of sp³-hybridized carbons (Fsp3) is 0.857. The molecule has 0 aromatic carbocycles. The smallest absolute Gasteiger partial charge is 0.0540 e. The van der Waals surface area contributed by atoms with Gasteiger partial charge >= 0.3 is 0 Å². The minimum absolute atomic E-state index is 0.0141. The summed E-state index contributed by atoms with van der Waals surface area (Å²) >= 11 is 0. The van der Waals surface area contributed by atoms with E-state index in [1.54, 1.807) is 0 Å². The Morgan fingerprint density at radius 1 is 0.938 bits per heavy atom. The van der Waals surface area contributed by atoms with E-state index in [4.69, 9.17) is 0 Å². The van der Waals surface area contributed by atoms with Crippen LogP contribution in [-0.2, 0) is 0 Å². The summed E-state index contributed by atoms with van der Waals surface area (Å²) in [5.74, 6) is 1.67. The van der Waals surface area contributed by atoms with Gasteiger partial charge in [-0.3, -0.25) is 0 Å². The van der Waals surface area contributed by atoms with Crippen molar-refractivity contribution in [2.75, 3.05) is 13.1 Å². The van der Waals surface area contributed by atoms with E-state index in [-0.39, 0.29) is 6.10 Å². The van der Waals surface area contributed by atoms with Crippen molar-refractivity contribution in [1.29, 1.82) is 0 Å². The number of nitrogens with one attached hydrogen (secondary N) is 1. The predicted molar refractivity (Wildman–Crippen MR) is 67.3 cm³/mol. The Labute approximate surface area is 99.1 Å². The van der Waals surface area contributed by atoms with E-state index in [1.165, 1.54) is 38.6 Å². The molecule has 0 aromatic heterocycles. The average Bonchev–Trinajstić information content (AvgIpc) is 2.33. The number of rotatable bonds is 4. The molecule has 0 aromatic rings. The number of aliphatic hydroxyl groups excluding tert-OH is 1. The molecule has 0 radical (unpaired) electrons. The van der Waals surface area contributed by atoms with Crippen LogP contribution < -0.4 is 5.32 Å². The lowest BCUT2D eigenvalue weighted by molar-refractivity contribution is 0.108. The maximum atomic E-state index is 9.43. The van der Waals surface area contributed by atoms with Crippen LogP contribution in [0, 0.1) is 11.8 Å². The maximum Gasteiger partial charge on any atom is 0.0540 e. The number of hydrogen-bond acceptors (Lipinski definition) is 2. The molecule has 2 nitrogen and oxygen atoms in total. The molecular formula is C14H25NO. The summed E-state index contributed by atoms with van der Waals surface area (Å²) in [5, 5.41) is 13.1. The van der Waals surface area contributed by atoms with Gasteiger partial charge in [-0.05, 0) is 69.9 Å². The van der Waals surface area contributed by atoms with Crippen molar-refractivity contribution in [3.8, 4) is 0 Å². The van der Waals surface area contributed by atoms with Crippen molar-refractivity contribution in [2.45, 2.75) is 51.0 Å². The second-order valence-corrected chi connectivity index (χ2v) is 5.48. The summed E-state index contributed by atoms with van der Waals surface area (Å²) in [6.07, 6.45) is 12.9. The second kappa shape index (κ2) is 6.41. The third-order valence-corrected chi connectivity index (χ3v) is 4.06. The normalized spacial score (nSPS) is 35.2. The Bertz CT molecular complexity index is 219. The van der Waals surface area contributed by atoms with Crippen LogP contribution in [0.4, 0.5) is 0 Å². The summed E-state index contributed by atoms with van der Waals surface area (Å²) in [6, 6.07) is 0. The summed E-state index contributed by atoms with van der Waals surface area (Å²) in [5.41, 5.74) is 0. The molecule has 2 rings (SSSR count). The quantitative estimate of drug-likeness (QED) is 0.718. The first-order valence-electron chi connectivity index (χ1n) is 6.88. The molecule has 1 unspecified atom stereocenters. The van der Waals surface area contributed by atoms with Crippen molar-refractivity contribution >= 4 is 0 Å². The largest absolute Gasteiger partial charge is 0.393 e. The first-order valence-corrected chi connectivity index (χ1v) is 6.88. The van der Waals surface area contributed by atoms with Crippen molar-refractivity contribution in [3.05, 3.63) is 12.2 Å². The predicted octanol–water partition coefficient (Wildman–Crippen LogP) is 2.48. The summed E-state index contributed by atoms with van der Waals surface area (Å²) < 4.78 is 0. The standard InChI is InChI=1S/C14H25NO/c16-14-8-6-13(7-9-14)11-15-10-12-4-2-1-3-5-12/h1-2,12-16H,3-11H2. The van der Waals surface area contributed by atoms with E-state index in [1.807, 2.05) is 0 Å². The van der Waals surface area contributed by atoms with Gasteiger partial charge in [-0.25, -0.2) is 0 Å². The molecule has 0 amide bonds. The molecule has 0 saturated heterocycles. The highest BCUT2D eigenvalue weighted by atomic mass is 16.3. The molecule has 0 bridgehead atoms. The van der Waals surface area contributed by atoms with Crippen molar-refractivity contribution < 1.29 is 5.11 Å². The van der Waals surface area contributed by atoms with Gasteiger partial charge < -0.3 is 10.4 Å². The highest BCUT2D eigenvalue weighted by Crippen LogP contribution is 2.23. The first kappa shape index (κ1) is 12.1. The van der Waals surface area contributed by atoms with Gasteiger partial charge in [0.25, 0.3) is 0 Å². The topological polar surface area (TPSA) is 32.3 Å². The van der Waals surface area contributed by atoms with Crippen molar-refractivity contribution in [3.63, 3.8) is 0 Å². The number of allylic oxidation sites excluding steroid dienone is 2. The van der Waals surface area contributed by atoms with Crippen LogP contribution in [0.2, 0.25) is 0 Å². The first-order chi connectivity index (χ1) is 7.84. The minimum atomic E-state index is -0.0141. The molecule has 2 heteroatoms. The van der Waals surface area contributed by atoms with Gasteiger partial charge in [0, 0.05) is 0 Å². The van der Waals surface area contributed by atoms with Crippen LogP contribution in [-0.4, -0.2) is 24.3 Å². The van der Waals surface area contributed by atoms with Crippen LogP contribution in [0.5, 0.6) is 0 Å². The fourth-order valence-corrected chi connectivity index (χ4v) is 2.88. The van der Waals surface area contributed by atoms with Gasteiger partial charge in [0.2, 0.25) is 0 Å². The molecule has 2 aliphatic rings. The molecule has 0 heterocycles. The third-order valence-electron chi connectivity index (χ3n) is 4.06. The van der Waals surface area contributed by atoms with Crippen LogP contribution in [0.1, 0.15) is 44.9 Å². The number of aliphatic hydroxyl groups is 1. The lowest BCUT2D eigenvalue weighted by Gasteiger charge is -2.26. The van der Waals surface area contributed by atoms with E-state index in [9.17, 15) is 5.11 Å². The SMILES string of the molecule is OC1CCC(CNCC2CC=CCC2)CC1. The van der Waals surface area contributed by atoms with Crippen LogP contribution >= 0.6 is 0 Å². The molecule has 1 fully saturated rings. The van der Waals surface area contributed by atoms with Gasteiger partial charge in [0.15, 0.2) is 0 Å². The van der Waals surface area contributed by atoms with Gasteiger partial charge in [-0.15, -0.1) is 0 Å². The van der Waals surface area contributed by atoms with E-state index < -0.39 is 0 Å². The van der Waals surface area contributed by atoms with E-state index >= 15 is 0 Å². The average molecular weight is 223 g/mol. The summed E-state index contributed by atoms with van der Waals surface area (Å²) in [6.45, 7) is 2.34. The Morgan fingerprint density at radius 2 is 1.69 bits per heavy atom. The third kappa shape index (κ3) is 3.91. The molecule has 2 aliphatic carbocycles. The minimum Gasteiger partial charge on any atom is -0.393 e. The van der Waals surface area contributed by atoms with Gasteiger partial charge in [-0.1, -0.05) is 12.2 Å². The zero-order valence-corrected chi connectivity index (χ0v) is 10.2.